The first-order valence-electron chi connectivity index (χ1n) is 6.33. The first-order valence-corrected chi connectivity index (χ1v) is 6.33. The fraction of sp³-hybridized carbons (Fsp3) is 0.0625. The molecule has 0 saturated heterocycles. The first kappa shape index (κ1) is 12.9. The van der Waals surface area contributed by atoms with Crippen LogP contribution in [0.15, 0.2) is 42.5 Å². The Labute approximate surface area is 120 Å². The van der Waals surface area contributed by atoms with Gasteiger partial charge in [0.15, 0.2) is 5.69 Å². The highest BCUT2D eigenvalue weighted by molar-refractivity contribution is 5.89. The Morgan fingerprint density at radius 1 is 1.24 bits per heavy atom. The summed E-state index contributed by atoms with van der Waals surface area (Å²) in [5.41, 5.74) is 1.49. The van der Waals surface area contributed by atoms with Crippen LogP contribution in [0.5, 0.6) is 0 Å². The van der Waals surface area contributed by atoms with Crippen molar-refractivity contribution in [2.75, 3.05) is 0 Å². The van der Waals surface area contributed by atoms with E-state index in [0.29, 0.717) is 16.9 Å². The topological polar surface area (TPSA) is 78.9 Å². The van der Waals surface area contributed by atoms with Crippen molar-refractivity contribution in [2.45, 2.75) is 6.92 Å². The second kappa shape index (κ2) is 4.76. The summed E-state index contributed by atoms with van der Waals surface area (Å²) in [6.45, 7) is 1.72. The molecule has 2 aromatic carbocycles. The molecular formula is C16H11N3O2. The normalized spacial score (nSPS) is 10.5. The van der Waals surface area contributed by atoms with Crippen molar-refractivity contribution in [2.24, 2.45) is 0 Å². The standard InChI is InChI=1S/C16H11N3O2/c1-10-6-15(16(20)21)19(18-10)14-8-12-5-3-2-4-11(12)7-13(14)9-17/h2-8H,1H3,(H,20,21). The maximum Gasteiger partial charge on any atom is 0.354 e. The van der Waals surface area contributed by atoms with Gasteiger partial charge in [-0.3, -0.25) is 0 Å². The molecule has 0 radical (unpaired) electrons. The zero-order chi connectivity index (χ0) is 15.0. The number of fused-ring (bicyclic) bond motifs is 1. The second-order valence-corrected chi connectivity index (χ2v) is 4.72. The second-order valence-electron chi connectivity index (χ2n) is 4.72. The van der Waals surface area contributed by atoms with Gasteiger partial charge in [-0.2, -0.15) is 10.4 Å². The van der Waals surface area contributed by atoms with Crippen molar-refractivity contribution in [1.82, 2.24) is 9.78 Å². The number of rotatable bonds is 2. The molecule has 5 heteroatoms. The van der Waals surface area contributed by atoms with E-state index >= 15 is 0 Å². The summed E-state index contributed by atoms with van der Waals surface area (Å²) in [7, 11) is 0. The maximum absolute atomic E-state index is 11.3. The molecule has 0 fully saturated rings. The number of aryl methyl sites for hydroxylation is 1. The van der Waals surface area contributed by atoms with Gasteiger partial charge in [-0.1, -0.05) is 24.3 Å². The van der Waals surface area contributed by atoms with Gasteiger partial charge in [-0.25, -0.2) is 9.48 Å². The number of carboxylic acid groups (broad SMARTS) is 1. The predicted octanol–water partition coefficient (Wildman–Crippen LogP) is 2.90. The summed E-state index contributed by atoms with van der Waals surface area (Å²) >= 11 is 0. The number of aromatic nitrogens is 2. The van der Waals surface area contributed by atoms with Gasteiger partial charge >= 0.3 is 5.97 Å². The lowest BCUT2D eigenvalue weighted by molar-refractivity contribution is 0.0687. The molecule has 0 aliphatic carbocycles. The maximum atomic E-state index is 11.3. The molecule has 0 unspecified atom stereocenters. The highest BCUT2D eigenvalue weighted by Crippen LogP contribution is 2.24. The molecule has 5 nitrogen and oxygen atoms in total. The molecule has 1 aromatic heterocycles. The minimum Gasteiger partial charge on any atom is -0.477 e. The van der Waals surface area contributed by atoms with Crippen molar-refractivity contribution in [3.05, 3.63) is 59.4 Å². The van der Waals surface area contributed by atoms with Crippen LogP contribution in [0, 0.1) is 18.3 Å². The van der Waals surface area contributed by atoms with Gasteiger partial charge in [0.2, 0.25) is 0 Å². The van der Waals surface area contributed by atoms with Gasteiger partial charge in [-0.15, -0.1) is 0 Å². The van der Waals surface area contributed by atoms with Crippen LogP contribution in [0.4, 0.5) is 0 Å². The summed E-state index contributed by atoms with van der Waals surface area (Å²) < 4.78 is 1.31. The van der Waals surface area contributed by atoms with Gasteiger partial charge in [0, 0.05) is 0 Å². The van der Waals surface area contributed by atoms with Gasteiger partial charge in [0.1, 0.15) is 6.07 Å². The minimum absolute atomic E-state index is 0.0410. The fourth-order valence-corrected chi connectivity index (χ4v) is 2.33. The number of aromatic carboxylic acids is 1. The van der Waals surface area contributed by atoms with Crippen LogP contribution in [0.3, 0.4) is 0 Å². The van der Waals surface area contributed by atoms with Gasteiger partial charge in [0.25, 0.3) is 0 Å². The molecular weight excluding hydrogens is 266 g/mol. The lowest BCUT2D eigenvalue weighted by Crippen LogP contribution is -2.09. The van der Waals surface area contributed by atoms with E-state index in [9.17, 15) is 15.2 Å². The Morgan fingerprint density at radius 2 is 1.90 bits per heavy atom. The molecule has 21 heavy (non-hydrogen) atoms. The summed E-state index contributed by atoms with van der Waals surface area (Å²) in [6, 6.07) is 14.7. The van der Waals surface area contributed by atoms with E-state index in [1.807, 2.05) is 24.3 Å². The van der Waals surface area contributed by atoms with Crippen LogP contribution in [-0.4, -0.2) is 20.9 Å². The fourth-order valence-electron chi connectivity index (χ4n) is 2.33. The van der Waals surface area contributed by atoms with E-state index in [4.69, 9.17) is 0 Å². The molecule has 102 valence electrons. The molecule has 0 saturated carbocycles. The van der Waals surface area contributed by atoms with Crippen molar-refractivity contribution >= 4 is 16.7 Å². The summed E-state index contributed by atoms with van der Waals surface area (Å²) in [5.74, 6) is -1.08. The summed E-state index contributed by atoms with van der Waals surface area (Å²) in [6.07, 6.45) is 0. The number of nitriles is 1. The lowest BCUT2D eigenvalue weighted by Gasteiger charge is -2.08. The SMILES string of the molecule is Cc1cc(C(=O)O)n(-c2cc3ccccc3cc2C#N)n1. The van der Waals surface area contributed by atoms with E-state index in [0.717, 1.165) is 10.8 Å². The molecule has 0 atom stereocenters. The number of hydrogen-bond acceptors (Lipinski definition) is 3. The van der Waals surface area contributed by atoms with Crippen molar-refractivity contribution < 1.29 is 9.90 Å². The van der Waals surface area contributed by atoms with E-state index in [-0.39, 0.29) is 5.69 Å². The molecule has 0 amide bonds. The van der Waals surface area contributed by atoms with E-state index in [1.54, 1.807) is 19.1 Å². The number of carboxylic acids is 1. The molecule has 1 heterocycles. The lowest BCUT2D eigenvalue weighted by atomic mass is 10.1. The van der Waals surface area contributed by atoms with Crippen LogP contribution >= 0.6 is 0 Å². The zero-order valence-electron chi connectivity index (χ0n) is 11.2. The van der Waals surface area contributed by atoms with E-state index in [2.05, 4.69) is 11.2 Å². The average Bonchev–Trinajstić information content (AvgIpc) is 2.88. The number of nitrogens with zero attached hydrogens (tertiary/aromatic N) is 3. The highest BCUT2D eigenvalue weighted by Gasteiger charge is 2.17. The van der Waals surface area contributed by atoms with Crippen LogP contribution in [-0.2, 0) is 0 Å². The molecule has 0 bridgehead atoms. The average molecular weight is 277 g/mol. The van der Waals surface area contributed by atoms with Crippen LogP contribution in [0.25, 0.3) is 16.5 Å². The molecule has 3 aromatic rings. The Hall–Kier alpha value is -3.13. The Bertz CT molecular complexity index is 904. The Morgan fingerprint density at radius 3 is 2.52 bits per heavy atom. The number of hydrogen-bond donors (Lipinski definition) is 1. The van der Waals surface area contributed by atoms with Crippen molar-refractivity contribution in [3.8, 4) is 11.8 Å². The first-order chi connectivity index (χ1) is 10.1. The molecule has 0 spiro atoms. The van der Waals surface area contributed by atoms with Crippen molar-refractivity contribution in [1.29, 1.82) is 5.26 Å². The van der Waals surface area contributed by atoms with Gasteiger partial charge in [0.05, 0.1) is 16.9 Å². The number of benzene rings is 2. The molecule has 1 N–H and O–H groups in total. The Balaban J connectivity index is 2.34. The van der Waals surface area contributed by atoms with Crippen LogP contribution in [0.2, 0.25) is 0 Å². The summed E-state index contributed by atoms with van der Waals surface area (Å²) in [5, 5.41) is 24.7. The number of carbonyl (C=O) groups is 1. The van der Waals surface area contributed by atoms with Crippen LogP contribution < -0.4 is 0 Å². The quantitative estimate of drug-likeness (QED) is 0.781. The monoisotopic (exact) mass is 277 g/mol. The third kappa shape index (κ3) is 2.13. The smallest absolute Gasteiger partial charge is 0.354 e. The largest absolute Gasteiger partial charge is 0.477 e. The summed E-state index contributed by atoms with van der Waals surface area (Å²) in [4.78, 5) is 11.3. The van der Waals surface area contributed by atoms with E-state index in [1.165, 1.54) is 10.7 Å². The highest BCUT2D eigenvalue weighted by atomic mass is 16.4. The third-order valence-electron chi connectivity index (χ3n) is 3.26. The zero-order valence-corrected chi connectivity index (χ0v) is 11.2. The Kier molecular flexibility index (Phi) is 2.92. The minimum atomic E-state index is -1.08. The molecule has 3 rings (SSSR count). The van der Waals surface area contributed by atoms with E-state index < -0.39 is 5.97 Å². The molecule has 0 aliphatic rings. The van der Waals surface area contributed by atoms with Crippen LogP contribution in [0.1, 0.15) is 21.7 Å². The van der Waals surface area contributed by atoms with Gasteiger partial charge in [-0.05, 0) is 35.9 Å². The third-order valence-corrected chi connectivity index (χ3v) is 3.26. The molecule has 0 aliphatic heterocycles. The van der Waals surface area contributed by atoms with Crippen molar-refractivity contribution in [3.63, 3.8) is 0 Å². The predicted molar refractivity (Wildman–Crippen MR) is 77.5 cm³/mol. The van der Waals surface area contributed by atoms with Gasteiger partial charge < -0.3 is 5.11 Å².